The molecule has 4 nitrogen and oxygen atoms in total. The first-order valence-corrected chi connectivity index (χ1v) is 6.76. The second kappa shape index (κ2) is 6.34. The molecular weight excluding hydrogens is 320 g/mol. The largest absolute Gasteiger partial charge is 0.507 e. The zero-order chi connectivity index (χ0) is 14.5. The number of rotatable bonds is 3. The third-order valence-electron chi connectivity index (χ3n) is 2.71. The van der Waals surface area contributed by atoms with E-state index in [4.69, 9.17) is 0 Å². The minimum absolute atomic E-state index is 0.114. The Morgan fingerprint density at radius 2 is 1.90 bits per heavy atom. The van der Waals surface area contributed by atoms with Gasteiger partial charge in [-0.25, -0.2) is 5.43 Å². The molecule has 0 aliphatic heterocycles. The Kier molecular flexibility index (Phi) is 4.53. The first-order chi connectivity index (χ1) is 9.58. The van der Waals surface area contributed by atoms with Gasteiger partial charge in [-0.1, -0.05) is 34.1 Å². The number of carbonyl (C=O) groups is 1. The van der Waals surface area contributed by atoms with Crippen molar-refractivity contribution < 1.29 is 9.90 Å². The Morgan fingerprint density at radius 1 is 1.20 bits per heavy atom. The summed E-state index contributed by atoms with van der Waals surface area (Å²) in [5, 5.41) is 13.8. The molecule has 5 heteroatoms. The van der Waals surface area contributed by atoms with E-state index in [0.29, 0.717) is 16.8 Å². The van der Waals surface area contributed by atoms with Crippen LogP contribution in [0.4, 0.5) is 0 Å². The minimum atomic E-state index is -0.292. The Hall–Kier alpha value is -2.14. The van der Waals surface area contributed by atoms with Gasteiger partial charge >= 0.3 is 0 Å². The lowest BCUT2D eigenvalue weighted by Crippen LogP contribution is -2.19. The van der Waals surface area contributed by atoms with Crippen LogP contribution in [0.1, 0.15) is 22.8 Å². The zero-order valence-corrected chi connectivity index (χ0v) is 12.4. The van der Waals surface area contributed by atoms with Crippen LogP contribution in [0.5, 0.6) is 5.75 Å². The van der Waals surface area contributed by atoms with Crippen LogP contribution in [0, 0.1) is 0 Å². The van der Waals surface area contributed by atoms with E-state index in [1.165, 1.54) is 0 Å². The molecule has 0 fully saturated rings. The Morgan fingerprint density at radius 3 is 2.60 bits per heavy atom. The van der Waals surface area contributed by atoms with Crippen LogP contribution < -0.4 is 5.43 Å². The topological polar surface area (TPSA) is 61.7 Å². The number of amides is 1. The quantitative estimate of drug-likeness (QED) is 0.669. The molecule has 0 unspecified atom stereocenters. The van der Waals surface area contributed by atoms with E-state index in [9.17, 15) is 9.90 Å². The summed E-state index contributed by atoms with van der Waals surface area (Å²) in [7, 11) is 0. The number of nitrogens with zero attached hydrogens (tertiary/aromatic N) is 1. The molecule has 2 N–H and O–H groups in total. The monoisotopic (exact) mass is 332 g/mol. The van der Waals surface area contributed by atoms with Gasteiger partial charge in [0.15, 0.2) is 0 Å². The lowest BCUT2D eigenvalue weighted by molar-refractivity contribution is 0.0955. The van der Waals surface area contributed by atoms with Crippen LogP contribution in [0.25, 0.3) is 0 Å². The van der Waals surface area contributed by atoms with Crippen molar-refractivity contribution in [3.05, 3.63) is 64.1 Å². The molecule has 0 heterocycles. The van der Waals surface area contributed by atoms with Crippen LogP contribution in [0.3, 0.4) is 0 Å². The van der Waals surface area contributed by atoms with Crippen molar-refractivity contribution in [3.8, 4) is 5.75 Å². The highest BCUT2D eigenvalue weighted by molar-refractivity contribution is 9.10. The average molecular weight is 333 g/mol. The number of hydrogen-bond acceptors (Lipinski definition) is 3. The predicted molar refractivity (Wildman–Crippen MR) is 81.9 cm³/mol. The molecule has 0 aromatic heterocycles. The van der Waals surface area contributed by atoms with Crippen LogP contribution in [-0.4, -0.2) is 16.7 Å². The van der Waals surface area contributed by atoms with Gasteiger partial charge in [-0.05, 0) is 37.3 Å². The molecule has 2 aromatic carbocycles. The second-order valence-electron chi connectivity index (χ2n) is 4.17. The van der Waals surface area contributed by atoms with Gasteiger partial charge in [0.1, 0.15) is 5.75 Å². The van der Waals surface area contributed by atoms with Gasteiger partial charge in [0.2, 0.25) is 0 Å². The first-order valence-electron chi connectivity index (χ1n) is 5.96. The van der Waals surface area contributed by atoms with E-state index in [1.807, 2.05) is 6.07 Å². The molecule has 0 bridgehead atoms. The molecule has 0 aliphatic rings. The van der Waals surface area contributed by atoms with Gasteiger partial charge in [0.25, 0.3) is 5.91 Å². The van der Waals surface area contributed by atoms with Gasteiger partial charge in [-0.2, -0.15) is 5.10 Å². The van der Waals surface area contributed by atoms with Gasteiger partial charge in [-0.15, -0.1) is 0 Å². The fourth-order valence-electron chi connectivity index (χ4n) is 1.65. The molecule has 2 aromatic rings. The van der Waals surface area contributed by atoms with Crippen LogP contribution in [0.2, 0.25) is 0 Å². The molecule has 0 radical (unpaired) electrons. The molecule has 0 saturated heterocycles. The lowest BCUT2D eigenvalue weighted by Gasteiger charge is -2.05. The van der Waals surface area contributed by atoms with E-state index < -0.39 is 0 Å². The van der Waals surface area contributed by atoms with Crippen LogP contribution in [0.15, 0.2) is 58.1 Å². The summed E-state index contributed by atoms with van der Waals surface area (Å²) in [4.78, 5) is 11.8. The van der Waals surface area contributed by atoms with Crippen molar-refractivity contribution in [2.45, 2.75) is 6.92 Å². The minimum Gasteiger partial charge on any atom is -0.507 e. The summed E-state index contributed by atoms with van der Waals surface area (Å²) < 4.78 is 0.828. The third-order valence-corrected chi connectivity index (χ3v) is 3.20. The highest BCUT2D eigenvalue weighted by atomic mass is 79.9. The number of carbonyl (C=O) groups excluding carboxylic acids is 1. The van der Waals surface area contributed by atoms with E-state index in [2.05, 4.69) is 26.5 Å². The van der Waals surface area contributed by atoms with Gasteiger partial charge in [0, 0.05) is 15.6 Å². The highest BCUT2D eigenvalue weighted by Gasteiger charge is 2.07. The number of hydrogen-bond donors (Lipinski definition) is 2. The average Bonchev–Trinajstić information content (AvgIpc) is 2.47. The molecule has 0 atom stereocenters. The normalized spacial score (nSPS) is 11.2. The summed E-state index contributed by atoms with van der Waals surface area (Å²) in [5.41, 5.74) is 4.08. The fourth-order valence-corrected chi connectivity index (χ4v) is 2.01. The van der Waals surface area contributed by atoms with Gasteiger partial charge < -0.3 is 5.11 Å². The Balaban J connectivity index is 2.15. The summed E-state index contributed by atoms with van der Waals surface area (Å²) in [6.07, 6.45) is 0. The van der Waals surface area contributed by atoms with Crippen LogP contribution >= 0.6 is 15.9 Å². The molecule has 0 spiro atoms. The maximum atomic E-state index is 11.8. The highest BCUT2D eigenvalue weighted by Crippen LogP contribution is 2.22. The third kappa shape index (κ3) is 3.45. The number of benzene rings is 2. The van der Waals surface area contributed by atoms with E-state index in [0.717, 1.165) is 4.47 Å². The summed E-state index contributed by atoms with van der Waals surface area (Å²) >= 11 is 3.33. The van der Waals surface area contributed by atoms with Crippen molar-refractivity contribution in [1.82, 2.24) is 5.43 Å². The number of phenols is 1. The molecular formula is C15H13BrN2O2. The van der Waals surface area contributed by atoms with Crippen LogP contribution in [-0.2, 0) is 0 Å². The maximum absolute atomic E-state index is 11.8. The predicted octanol–water partition coefficient (Wildman–Crippen LogP) is 3.31. The molecule has 0 saturated carbocycles. The van der Waals surface area contributed by atoms with Crippen molar-refractivity contribution in [2.24, 2.45) is 5.10 Å². The van der Waals surface area contributed by atoms with E-state index >= 15 is 0 Å². The summed E-state index contributed by atoms with van der Waals surface area (Å²) in [5.74, 6) is -0.178. The van der Waals surface area contributed by atoms with Crippen molar-refractivity contribution >= 4 is 27.5 Å². The number of hydrazone groups is 1. The van der Waals surface area contributed by atoms with Gasteiger partial charge in [0.05, 0.1) is 5.71 Å². The molecule has 0 aliphatic carbocycles. The molecule has 1 amide bonds. The zero-order valence-electron chi connectivity index (χ0n) is 10.8. The SMILES string of the molecule is CC(=NNC(=O)c1ccccc1)c1cc(Br)ccc1O. The number of halogens is 1. The number of nitrogens with one attached hydrogen (secondary N) is 1. The maximum Gasteiger partial charge on any atom is 0.271 e. The second-order valence-corrected chi connectivity index (χ2v) is 5.08. The molecule has 2 rings (SSSR count). The number of phenolic OH excluding ortho intramolecular Hbond substituents is 1. The molecule has 102 valence electrons. The molecule has 20 heavy (non-hydrogen) atoms. The first kappa shape index (κ1) is 14.3. The van der Waals surface area contributed by atoms with Crippen molar-refractivity contribution in [1.29, 1.82) is 0 Å². The fraction of sp³-hybridized carbons (Fsp3) is 0.0667. The summed E-state index contributed by atoms with van der Waals surface area (Å²) in [6, 6.07) is 13.9. The number of aromatic hydroxyl groups is 1. The Bertz CT molecular complexity index is 654. The van der Waals surface area contributed by atoms with Gasteiger partial charge in [-0.3, -0.25) is 4.79 Å². The van der Waals surface area contributed by atoms with Crippen molar-refractivity contribution in [2.75, 3.05) is 0 Å². The lowest BCUT2D eigenvalue weighted by atomic mass is 10.1. The smallest absolute Gasteiger partial charge is 0.271 e. The standard InChI is InChI=1S/C15H13BrN2O2/c1-10(13-9-12(16)7-8-14(13)19)17-18-15(20)11-5-3-2-4-6-11/h2-9,19H,1H3,(H,18,20). The summed E-state index contributed by atoms with van der Waals surface area (Å²) in [6.45, 7) is 1.72. The Labute approximate surface area is 125 Å². The van der Waals surface area contributed by atoms with E-state index in [1.54, 1.807) is 49.4 Å². The van der Waals surface area contributed by atoms with E-state index in [-0.39, 0.29) is 11.7 Å². The van der Waals surface area contributed by atoms with Crippen molar-refractivity contribution in [3.63, 3.8) is 0 Å².